The summed E-state index contributed by atoms with van der Waals surface area (Å²) < 4.78 is 15.4. The second-order valence-electron chi connectivity index (χ2n) is 7.37. The molecule has 0 aliphatic heterocycles. The quantitative estimate of drug-likeness (QED) is 0.535. The molecular weight excluding hydrogens is 235 g/mol. The lowest BCUT2D eigenvalue weighted by molar-refractivity contribution is -0.225. The van der Waals surface area contributed by atoms with Crippen LogP contribution in [0.25, 0.3) is 0 Å². The Balaban J connectivity index is 2.27. The first-order valence-corrected chi connectivity index (χ1v) is 8.24. The van der Waals surface area contributed by atoms with Crippen molar-refractivity contribution in [1.29, 1.82) is 0 Å². The van der Waals surface area contributed by atoms with Crippen LogP contribution < -0.4 is 0 Å². The van der Waals surface area contributed by atoms with E-state index in [1.165, 1.54) is 32.1 Å². The minimum Gasteiger partial charge on any atom is -0.243 e. The molecule has 6 atom stereocenters. The number of alkyl halides is 1. The molecule has 6 unspecified atom stereocenters. The van der Waals surface area contributed by atoms with Crippen LogP contribution in [-0.4, -0.2) is 5.67 Å². The van der Waals surface area contributed by atoms with E-state index >= 15 is 4.39 Å². The summed E-state index contributed by atoms with van der Waals surface area (Å²) >= 11 is 0. The molecule has 110 valence electrons. The highest BCUT2D eigenvalue weighted by molar-refractivity contribution is 5.19. The molecule has 0 heterocycles. The van der Waals surface area contributed by atoms with Crippen LogP contribution in [0.3, 0.4) is 0 Å². The first kappa shape index (κ1) is 15.1. The van der Waals surface area contributed by atoms with E-state index in [1.807, 2.05) is 13.0 Å². The third kappa shape index (κ3) is 2.08. The highest BCUT2D eigenvalue weighted by Crippen LogP contribution is 2.70. The van der Waals surface area contributed by atoms with E-state index in [2.05, 4.69) is 27.4 Å². The SMILES string of the molecule is C=CC1C(CCCC)C2CC(C1(C)F)C2(C)CCC. The van der Waals surface area contributed by atoms with Crippen molar-refractivity contribution in [2.45, 2.75) is 71.9 Å². The highest BCUT2D eigenvalue weighted by atomic mass is 19.1. The number of halogens is 1. The smallest absolute Gasteiger partial charge is 0.118 e. The van der Waals surface area contributed by atoms with Crippen LogP contribution in [0.5, 0.6) is 0 Å². The van der Waals surface area contributed by atoms with Gasteiger partial charge in [-0.1, -0.05) is 46.1 Å². The van der Waals surface area contributed by atoms with Crippen molar-refractivity contribution < 1.29 is 4.39 Å². The molecule has 0 spiro atoms. The minimum absolute atomic E-state index is 0.0766. The molecule has 0 aromatic carbocycles. The number of hydrogen-bond acceptors (Lipinski definition) is 0. The number of rotatable bonds is 6. The van der Waals surface area contributed by atoms with Gasteiger partial charge in [0.1, 0.15) is 5.67 Å². The Morgan fingerprint density at radius 2 is 1.95 bits per heavy atom. The molecule has 19 heavy (non-hydrogen) atoms. The van der Waals surface area contributed by atoms with E-state index in [4.69, 9.17) is 0 Å². The van der Waals surface area contributed by atoms with Gasteiger partial charge in [0.15, 0.2) is 0 Å². The fourth-order valence-electron chi connectivity index (χ4n) is 5.45. The van der Waals surface area contributed by atoms with Gasteiger partial charge in [0.2, 0.25) is 0 Å². The van der Waals surface area contributed by atoms with E-state index in [-0.39, 0.29) is 17.3 Å². The van der Waals surface area contributed by atoms with Gasteiger partial charge in [-0.15, -0.1) is 6.58 Å². The Morgan fingerprint density at radius 3 is 2.47 bits per heavy atom. The van der Waals surface area contributed by atoms with Gasteiger partial charge in [0.05, 0.1) is 0 Å². The normalized spacial score (nSPS) is 48.7. The maximum Gasteiger partial charge on any atom is 0.118 e. The molecule has 0 amide bonds. The van der Waals surface area contributed by atoms with Gasteiger partial charge in [-0.25, -0.2) is 4.39 Å². The van der Waals surface area contributed by atoms with Crippen LogP contribution in [0.1, 0.15) is 66.2 Å². The van der Waals surface area contributed by atoms with Crippen LogP contribution >= 0.6 is 0 Å². The molecule has 3 aliphatic rings. The monoisotopic (exact) mass is 266 g/mol. The van der Waals surface area contributed by atoms with E-state index < -0.39 is 5.67 Å². The minimum atomic E-state index is -1.04. The largest absolute Gasteiger partial charge is 0.243 e. The molecule has 0 N–H and O–H groups in total. The van der Waals surface area contributed by atoms with Crippen LogP contribution in [0.15, 0.2) is 12.7 Å². The van der Waals surface area contributed by atoms with Gasteiger partial charge in [0.25, 0.3) is 0 Å². The van der Waals surface area contributed by atoms with Gasteiger partial charge in [-0.2, -0.15) is 0 Å². The maximum absolute atomic E-state index is 15.4. The molecule has 2 bridgehead atoms. The van der Waals surface area contributed by atoms with Crippen molar-refractivity contribution in [3.63, 3.8) is 0 Å². The second-order valence-corrected chi connectivity index (χ2v) is 7.37. The van der Waals surface area contributed by atoms with Crippen molar-refractivity contribution in [2.75, 3.05) is 0 Å². The van der Waals surface area contributed by atoms with Crippen molar-refractivity contribution in [2.24, 2.45) is 29.1 Å². The number of unbranched alkanes of at least 4 members (excludes halogenated alkanes) is 1. The number of hydrogen-bond donors (Lipinski definition) is 0. The molecule has 3 fully saturated rings. The molecule has 3 aliphatic carbocycles. The zero-order valence-corrected chi connectivity index (χ0v) is 13.2. The lowest BCUT2D eigenvalue weighted by Crippen LogP contribution is -2.67. The summed E-state index contributed by atoms with van der Waals surface area (Å²) in [5.74, 6) is 1.59. The van der Waals surface area contributed by atoms with E-state index in [1.54, 1.807) is 0 Å². The molecule has 0 nitrogen and oxygen atoms in total. The molecule has 1 heteroatoms. The molecule has 0 aromatic rings. The number of allylic oxidation sites excluding steroid dienone is 1. The summed E-state index contributed by atoms with van der Waals surface area (Å²) in [4.78, 5) is 0. The summed E-state index contributed by atoms with van der Waals surface area (Å²) in [5, 5.41) is 0. The molecular formula is C18H31F. The predicted octanol–water partition coefficient (Wildman–Crippen LogP) is 5.78. The molecule has 0 aromatic heterocycles. The predicted molar refractivity (Wildman–Crippen MR) is 80.8 cm³/mol. The summed E-state index contributed by atoms with van der Waals surface area (Å²) in [6.45, 7) is 12.6. The van der Waals surface area contributed by atoms with Crippen molar-refractivity contribution >= 4 is 0 Å². The third-order valence-electron chi connectivity index (χ3n) is 6.38. The van der Waals surface area contributed by atoms with E-state index in [9.17, 15) is 0 Å². The summed E-state index contributed by atoms with van der Waals surface area (Å²) in [6.07, 6.45) is 9.03. The summed E-state index contributed by atoms with van der Waals surface area (Å²) in [7, 11) is 0. The van der Waals surface area contributed by atoms with Gasteiger partial charge < -0.3 is 0 Å². The molecule has 3 saturated carbocycles. The molecule has 0 saturated heterocycles. The Morgan fingerprint density at radius 1 is 1.26 bits per heavy atom. The summed E-state index contributed by atoms with van der Waals surface area (Å²) in [6, 6.07) is 0. The number of fused-ring (bicyclic) bond motifs is 2. The van der Waals surface area contributed by atoms with Crippen molar-refractivity contribution in [1.82, 2.24) is 0 Å². The Hall–Kier alpha value is -0.330. The standard InChI is InChI=1S/C18H31F/c1-6-9-10-13-14(8-3)18(5,19)16-12-15(13)17(16,4)11-7-2/h8,13-16H,3,6-7,9-12H2,1-2,4-5H3. The average Bonchev–Trinajstić information content (AvgIpc) is 2.34. The van der Waals surface area contributed by atoms with Crippen LogP contribution in [0.4, 0.5) is 4.39 Å². The summed E-state index contributed by atoms with van der Waals surface area (Å²) in [5.41, 5.74) is -0.797. The Labute approximate surface area is 118 Å². The molecule has 3 rings (SSSR count). The first-order valence-electron chi connectivity index (χ1n) is 8.24. The fourth-order valence-corrected chi connectivity index (χ4v) is 5.45. The van der Waals surface area contributed by atoms with Gasteiger partial charge in [0, 0.05) is 5.92 Å². The van der Waals surface area contributed by atoms with Crippen LogP contribution in [0.2, 0.25) is 0 Å². The van der Waals surface area contributed by atoms with E-state index in [0.717, 1.165) is 12.3 Å². The van der Waals surface area contributed by atoms with Gasteiger partial charge in [-0.05, 0) is 49.4 Å². The fraction of sp³-hybridized carbons (Fsp3) is 0.889. The lowest BCUT2D eigenvalue weighted by Gasteiger charge is -2.68. The van der Waals surface area contributed by atoms with E-state index in [0.29, 0.717) is 5.92 Å². The van der Waals surface area contributed by atoms with Crippen LogP contribution in [0, 0.1) is 29.1 Å². The van der Waals surface area contributed by atoms with Gasteiger partial charge in [-0.3, -0.25) is 0 Å². The zero-order valence-electron chi connectivity index (χ0n) is 13.2. The van der Waals surface area contributed by atoms with Gasteiger partial charge >= 0.3 is 0 Å². The van der Waals surface area contributed by atoms with Crippen molar-refractivity contribution in [3.8, 4) is 0 Å². The lowest BCUT2D eigenvalue weighted by atomic mass is 9.37. The molecule has 0 radical (unpaired) electrons. The third-order valence-corrected chi connectivity index (χ3v) is 6.38. The van der Waals surface area contributed by atoms with Crippen molar-refractivity contribution in [3.05, 3.63) is 12.7 Å². The zero-order chi connectivity index (χ0) is 14.3. The highest BCUT2D eigenvalue weighted by Gasteiger charge is 2.67. The maximum atomic E-state index is 15.4. The van der Waals surface area contributed by atoms with Crippen LogP contribution in [-0.2, 0) is 0 Å². The topological polar surface area (TPSA) is 0 Å². The first-order chi connectivity index (χ1) is 8.93. The average molecular weight is 266 g/mol. The second kappa shape index (κ2) is 5.22. The Bertz CT molecular complexity index is 333. The Kier molecular flexibility index (Phi) is 4.14.